The highest BCUT2D eigenvalue weighted by Crippen LogP contribution is 2.28. The van der Waals surface area contributed by atoms with E-state index in [1.807, 2.05) is 0 Å². The first-order chi connectivity index (χ1) is 6.94. The molecule has 0 saturated heterocycles. The van der Waals surface area contributed by atoms with E-state index in [1.165, 1.54) is 32.4 Å². The molecule has 0 heterocycles. The van der Waals surface area contributed by atoms with E-state index in [9.17, 15) is 12.3 Å². The number of benzene rings is 1. The molecule has 0 radical (unpaired) electrons. The van der Waals surface area contributed by atoms with Crippen molar-refractivity contribution < 1.29 is 26.0 Å². The summed E-state index contributed by atoms with van der Waals surface area (Å²) >= 11 is 0. The zero-order chi connectivity index (χ0) is 11.5. The molecule has 0 aromatic heterocycles. The standard InChI is InChI=1S/C8H9FO5S/c1-12-6-3-7(13-2)5-8(4-6)14-15(9,10)11/h3-5H,1-2H3. The molecule has 1 aromatic carbocycles. The fourth-order valence-corrected chi connectivity index (χ4v) is 1.27. The zero-order valence-corrected chi connectivity index (χ0v) is 8.88. The molecule has 0 atom stereocenters. The topological polar surface area (TPSA) is 61.8 Å². The first kappa shape index (κ1) is 11.6. The Morgan fingerprint density at radius 2 is 1.40 bits per heavy atom. The van der Waals surface area contributed by atoms with Crippen LogP contribution in [0.3, 0.4) is 0 Å². The molecule has 0 aliphatic carbocycles. The van der Waals surface area contributed by atoms with E-state index >= 15 is 0 Å². The maximum atomic E-state index is 12.2. The van der Waals surface area contributed by atoms with Crippen molar-refractivity contribution in [1.82, 2.24) is 0 Å². The van der Waals surface area contributed by atoms with Gasteiger partial charge in [0.25, 0.3) is 0 Å². The SMILES string of the molecule is COc1cc(OC)cc(OS(=O)(=O)F)c1. The predicted molar refractivity (Wildman–Crippen MR) is 50.2 cm³/mol. The van der Waals surface area contributed by atoms with Crippen molar-refractivity contribution in [2.45, 2.75) is 0 Å². The number of methoxy groups -OCH3 is 2. The number of rotatable bonds is 4. The predicted octanol–water partition coefficient (Wildman–Crippen LogP) is 1.30. The Kier molecular flexibility index (Phi) is 3.35. The van der Waals surface area contributed by atoms with Gasteiger partial charge in [-0.05, 0) is 0 Å². The first-order valence-corrected chi connectivity index (χ1v) is 5.12. The van der Waals surface area contributed by atoms with E-state index in [4.69, 9.17) is 9.47 Å². The van der Waals surface area contributed by atoms with Crippen LogP contribution in [-0.2, 0) is 10.5 Å². The molecular formula is C8H9FO5S. The van der Waals surface area contributed by atoms with E-state index < -0.39 is 10.5 Å². The largest absolute Gasteiger partial charge is 0.496 e. The number of halogens is 1. The fraction of sp³-hybridized carbons (Fsp3) is 0.250. The van der Waals surface area contributed by atoms with Crippen molar-refractivity contribution in [3.63, 3.8) is 0 Å². The van der Waals surface area contributed by atoms with E-state index in [-0.39, 0.29) is 5.75 Å². The summed E-state index contributed by atoms with van der Waals surface area (Å²) in [5.41, 5.74) is 0. The number of hydrogen-bond donors (Lipinski definition) is 0. The minimum atomic E-state index is -5.04. The van der Waals surface area contributed by atoms with E-state index in [2.05, 4.69) is 4.18 Å². The molecule has 0 bridgehead atoms. The van der Waals surface area contributed by atoms with Crippen LogP contribution in [0.1, 0.15) is 0 Å². The van der Waals surface area contributed by atoms with Gasteiger partial charge in [0.2, 0.25) is 0 Å². The quantitative estimate of drug-likeness (QED) is 0.737. The third-order valence-corrected chi connectivity index (χ3v) is 1.91. The molecule has 7 heteroatoms. The fourth-order valence-electron chi connectivity index (χ4n) is 0.944. The summed E-state index contributed by atoms with van der Waals surface area (Å²) in [5, 5.41) is 0. The van der Waals surface area contributed by atoms with E-state index in [0.29, 0.717) is 11.5 Å². The van der Waals surface area contributed by atoms with Gasteiger partial charge in [0.1, 0.15) is 11.5 Å². The van der Waals surface area contributed by atoms with Crippen molar-refractivity contribution in [1.29, 1.82) is 0 Å². The lowest BCUT2D eigenvalue weighted by Gasteiger charge is -2.06. The van der Waals surface area contributed by atoms with Crippen LogP contribution < -0.4 is 13.7 Å². The molecular weight excluding hydrogens is 227 g/mol. The lowest BCUT2D eigenvalue weighted by molar-refractivity contribution is 0.387. The summed E-state index contributed by atoms with van der Waals surface area (Å²) in [5.74, 6) is 0.384. The second-order valence-corrected chi connectivity index (χ2v) is 3.48. The smallest absolute Gasteiger partial charge is 0.488 e. The van der Waals surface area contributed by atoms with Gasteiger partial charge in [-0.25, -0.2) is 0 Å². The van der Waals surface area contributed by atoms with Gasteiger partial charge < -0.3 is 13.7 Å². The van der Waals surface area contributed by atoms with Crippen LogP contribution in [0.25, 0.3) is 0 Å². The molecule has 84 valence electrons. The summed E-state index contributed by atoms with van der Waals surface area (Å²) < 4.78 is 46.4. The maximum absolute atomic E-state index is 12.2. The molecule has 1 rings (SSSR count). The Bertz CT molecular complexity index is 420. The lowest BCUT2D eigenvalue weighted by Crippen LogP contribution is -2.01. The van der Waals surface area contributed by atoms with Gasteiger partial charge in [0.15, 0.2) is 5.75 Å². The Morgan fingerprint density at radius 3 is 1.73 bits per heavy atom. The van der Waals surface area contributed by atoms with Crippen molar-refractivity contribution in [3.8, 4) is 17.2 Å². The molecule has 5 nitrogen and oxygen atoms in total. The summed E-state index contributed by atoms with van der Waals surface area (Å²) in [4.78, 5) is 0. The highest BCUT2D eigenvalue weighted by atomic mass is 32.3. The average molecular weight is 236 g/mol. The Morgan fingerprint density at radius 1 is 1.00 bits per heavy atom. The molecule has 15 heavy (non-hydrogen) atoms. The van der Waals surface area contributed by atoms with Gasteiger partial charge in [0, 0.05) is 18.2 Å². The van der Waals surface area contributed by atoms with Crippen LogP contribution in [0.4, 0.5) is 3.89 Å². The van der Waals surface area contributed by atoms with Crippen LogP contribution in [0.2, 0.25) is 0 Å². The monoisotopic (exact) mass is 236 g/mol. The summed E-state index contributed by atoms with van der Waals surface area (Å²) in [7, 11) is -2.28. The minimum absolute atomic E-state index is 0.214. The zero-order valence-electron chi connectivity index (χ0n) is 8.06. The molecule has 0 amide bonds. The Balaban J connectivity index is 3.07. The van der Waals surface area contributed by atoms with E-state index in [0.717, 1.165) is 0 Å². The Labute approximate surface area is 86.8 Å². The van der Waals surface area contributed by atoms with Gasteiger partial charge >= 0.3 is 10.5 Å². The van der Waals surface area contributed by atoms with Gasteiger partial charge in [-0.2, -0.15) is 8.42 Å². The second kappa shape index (κ2) is 4.35. The van der Waals surface area contributed by atoms with Crippen LogP contribution in [0, 0.1) is 0 Å². The van der Waals surface area contributed by atoms with Crippen molar-refractivity contribution in [2.24, 2.45) is 0 Å². The van der Waals surface area contributed by atoms with Crippen molar-refractivity contribution in [3.05, 3.63) is 18.2 Å². The number of ether oxygens (including phenoxy) is 2. The maximum Gasteiger partial charge on any atom is 0.488 e. The molecule has 0 aliphatic rings. The van der Waals surface area contributed by atoms with E-state index in [1.54, 1.807) is 0 Å². The molecule has 1 aromatic rings. The molecule has 0 aliphatic heterocycles. The number of hydrogen-bond acceptors (Lipinski definition) is 5. The Hall–Kier alpha value is -1.50. The first-order valence-electron chi connectivity index (χ1n) is 3.82. The highest BCUT2D eigenvalue weighted by Gasteiger charge is 2.11. The average Bonchev–Trinajstić information content (AvgIpc) is 2.14. The van der Waals surface area contributed by atoms with Crippen LogP contribution >= 0.6 is 0 Å². The normalized spacial score (nSPS) is 10.9. The van der Waals surface area contributed by atoms with Gasteiger partial charge in [-0.3, -0.25) is 0 Å². The molecule has 0 fully saturated rings. The van der Waals surface area contributed by atoms with Gasteiger partial charge in [-0.15, -0.1) is 0 Å². The lowest BCUT2D eigenvalue weighted by atomic mass is 10.3. The van der Waals surface area contributed by atoms with Gasteiger partial charge in [0.05, 0.1) is 14.2 Å². The van der Waals surface area contributed by atoms with Crippen LogP contribution in [0.15, 0.2) is 18.2 Å². The third kappa shape index (κ3) is 3.62. The van der Waals surface area contributed by atoms with Crippen molar-refractivity contribution >= 4 is 10.5 Å². The summed E-state index contributed by atoms with van der Waals surface area (Å²) in [6, 6.07) is 3.94. The molecule has 0 unspecified atom stereocenters. The summed E-state index contributed by atoms with van der Waals surface area (Å²) in [6.45, 7) is 0. The minimum Gasteiger partial charge on any atom is -0.496 e. The highest BCUT2D eigenvalue weighted by molar-refractivity contribution is 7.81. The molecule has 0 saturated carbocycles. The molecule has 0 N–H and O–H groups in total. The molecule has 0 spiro atoms. The van der Waals surface area contributed by atoms with Gasteiger partial charge in [-0.1, -0.05) is 3.89 Å². The second-order valence-electron chi connectivity index (χ2n) is 2.52. The van der Waals surface area contributed by atoms with Crippen molar-refractivity contribution in [2.75, 3.05) is 14.2 Å². The summed E-state index contributed by atoms with van der Waals surface area (Å²) in [6.07, 6.45) is 0. The van der Waals surface area contributed by atoms with Crippen LogP contribution in [-0.4, -0.2) is 22.6 Å². The third-order valence-electron chi connectivity index (χ3n) is 1.52. The van der Waals surface area contributed by atoms with Crippen LogP contribution in [0.5, 0.6) is 17.2 Å².